The van der Waals surface area contributed by atoms with Gasteiger partial charge < -0.3 is 4.74 Å². The highest BCUT2D eigenvalue weighted by Crippen LogP contribution is 2.09. The van der Waals surface area contributed by atoms with Gasteiger partial charge in [-0.15, -0.1) is 0 Å². The van der Waals surface area contributed by atoms with E-state index in [1.54, 1.807) is 0 Å². The smallest absolute Gasteiger partial charge is 0.147 e. The lowest BCUT2D eigenvalue weighted by Crippen LogP contribution is -2.44. The van der Waals surface area contributed by atoms with Crippen LogP contribution in [-0.4, -0.2) is 52.0 Å². The number of morpholine rings is 1. The monoisotopic (exact) mass is 264 g/mol. The zero-order chi connectivity index (χ0) is 13.8. The molecule has 5 nitrogen and oxygen atoms in total. The fourth-order valence-electron chi connectivity index (χ4n) is 2.30. The van der Waals surface area contributed by atoms with Gasteiger partial charge in [0, 0.05) is 19.6 Å². The lowest BCUT2D eigenvalue weighted by molar-refractivity contribution is -0.0342. The van der Waals surface area contributed by atoms with Gasteiger partial charge in [0.2, 0.25) is 0 Å². The molecule has 0 spiro atoms. The lowest BCUT2D eigenvalue weighted by Gasteiger charge is -2.32. The van der Waals surface area contributed by atoms with Crippen LogP contribution in [0.25, 0.3) is 0 Å². The van der Waals surface area contributed by atoms with E-state index in [1.807, 2.05) is 18.5 Å². The van der Waals surface area contributed by atoms with E-state index in [-0.39, 0.29) is 6.10 Å². The molecular weight excluding hydrogens is 240 g/mol. The molecule has 5 heteroatoms. The molecule has 1 saturated heterocycles. The molecular formula is C14H24N4O. The van der Waals surface area contributed by atoms with Crippen LogP contribution in [0.4, 0.5) is 0 Å². The summed E-state index contributed by atoms with van der Waals surface area (Å²) in [6.07, 6.45) is 2.48. The molecule has 1 atom stereocenters. The molecule has 19 heavy (non-hydrogen) atoms. The van der Waals surface area contributed by atoms with Gasteiger partial charge in [-0.3, -0.25) is 4.90 Å². The summed E-state index contributed by atoms with van der Waals surface area (Å²) in [4.78, 5) is 6.76. The first-order chi connectivity index (χ1) is 9.04. The van der Waals surface area contributed by atoms with E-state index >= 15 is 0 Å². The van der Waals surface area contributed by atoms with Gasteiger partial charge in [-0.2, -0.15) is 5.10 Å². The molecule has 0 aromatic carbocycles. The van der Waals surface area contributed by atoms with E-state index < -0.39 is 0 Å². The Morgan fingerprint density at radius 1 is 1.42 bits per heavy atom. The minimum absolute atomic E-state index is 0.208. The Labute approximate surface area is 115 Å². The van der Waals surface area contributed by atoms with Crippen molar-refractivity contribution in [1.82, 2.24) is 19.7 Å². The Hall–Kier alpha value is -1.20. The average molecular weight is 264 g/mol. The zero-order valence-electron chi connectivity index (χ0n) is 12.4. The molecule has 0 N–H and O–H groups in total. The number of hydrogen-bond donors (Lipinski definition) is 0. The summed E-state index contributed by atoms with van der Waals surface area (Å²) in [7, 11) is 0. The van der Waals surface area contributed by atoms with Gasteiger partial charge in [0.15, 0.2) is 0 Å². The number of nitrogens with zero attached hydrogens (tertiary/aromatic N) is 4. The third-order valence-corrected chi connectivity index (χ3v) is 3.32. The number of ether oxygens (including phenoxy) is 1. The van der Waals surface area contributed by atoms with Crippen LogP contribution < -0.4 is 0 Å². The lowest BCUT2D eigenvalue weighted by atomic mass is 10.2. The Morgan fingerprint density at radius 2 is 2.21 bits per heavy atom. The van der Waals surface area contributed by atoms with Crippen molar-refractivity contribution in [1.29, 1.82) is 0 Å². The molecule has 0 amide bonds. The molecule has 1 aromatic rings. The first kappa shape index (κ1) is 14.2. The van der Waals surface area contributed by atoms with Gasteiger partial charge in [0.25, 0.3) is 0 Å². The van der Waals surface area contributed by atoms with Crippen molar-refractivity contribution in [3.8, 4) is 0 Å². The molecule has 0 radical (unpaired) electrons. The largest absolute Gasteiger partial charge is 0.374 e. The maximum absolute atomic E-state index is 5.83. The predicted molar refractivity (Wildman–Crippen MR) is 75.1 cm³/mol. The highest BCUT2D eigenvalue weighted by molar-refractivity contribution is 4.95. The van der Waals surface area contributed by atoms with Crippen molar-refractivity contribution >= 4 is 0 Å². The van der Waals surface area contributed by atoms with Crippen LogP contribution in [0.1, 0.15) is 25.5 Å². The van der Waals surface area contributed by atoms with Gasteiger partial charge in [0.1, 0.15) is 11.6 Å². The van der Waals surface area contributed by atoms with Gasteiger partial charge in [0.05, 0.1) is 19.3 Å². The number of allylic oxidation sites excluding steroid dienone is 1. The second-order valence-electron chi connectivity index (χ2n) is 5.42. The van der Waals surface area contributed by atoms with E-state index in [0.717, 1.165) is 44.4 Å². The highest BCUT2D eigenvalue weighted by atomic mass is 16.5. The van der Waals surface area contributed by atoms with E-state index in [2.05, 4.69) is 34.9 Å². The Balaban J connectivity index is 1.90. The van der Waals surface area contributed by atoms with E-state index in [1.165, 1.54) is 5.57 Å². The molecule has 0 unspecified atom stereocenters. The van der Waals surface area contributed by atoms with Crippen molar-refractivity contribution in [2.45, 2.75) is 40.3 Å². The summed E-state index contributed by atoms with van der Waals surface area (Å²) < 4.78 is 7.78. The molecule has 2 rings (SSSR count). The molecule has 1 aliphatic heterocycles. The van der Waals surface area contributed by atoms with Gasteiger partial charge in [-0.25, -0.2) is 9.67 Å². The highest BCUT2D eigenvalue weighted by Gasteiger charge is 2.21. The fourth-order valence-corrected chi connectivity index (χ4v) is 2.30. The third kappa shape index (κ3) is 4.14. The van der Waals surface area contributed by atoms with Crippen molar-refractivity contribution < 1.29 is 4.74 Å². The van der Waals surface area contributed by atoms with Crippen LogP contribution in [0.3, 0.4) is 0 Å². The summed E-state index contributed by atoms with van der Waals surface area (Å²) >= 11 is 0. The van der Waals surface area contributed by atoms with Crippen molar-refractivity contribution in [3.63, 3.8) is 0 Å². The maximum Gasteiger partial charge on any atom is 0.147 e. The predicted octanol–water partition coefficient (Wildman–Crippen LogP) is 1.56. The van der Waals surface area contributed by atoms with E-state index in [0.29, 0.717) is 0 Å². The second-order valence-corrected chi connectivity index (χ2v) is 5.42. The molecule has 1 fully saturated rings. The molecule has 2 heterocycles. The van der Waals surface area contributed by atoms with Crippen LogP contribution in [-0.2, 0) is 11.3 Å². The van der Waals surface area contributed by atoms with Crippen molar-refractivity contribution in [3.05, 3.63) is 23.3 Å². The second kappa shape index (κ2) is 6.30. The molecule has 0 aliphatic carbocycles. The normalized spacial score (nSPS) is 20.5. The SMILES string of the molecule is CC(C)=CCN1CCO[C@@H](Cn2nc(C)nc2C)C1. The standard InChI is InChI=1S/C14H24N4O/c1-11(2)5-6-17-7-8-19-14(9-17)10-18-13(4)15-12(3)16-18/h5,14H,6-10H2,1-4H3/t14-/m1/s1. The third-order valence-electron chi connectivity index (χ3n) is 3.32. The average Bonchev–Trinajstić information content (AvgIpc) is 2.66. The number of aromatic nitrogens is 3. The molecule has 0 saturated carbocycles. The molecule has 1 aromatic heterocycles. The Morgan fingerprint density at radius 3 is 2.84 bits per heavy atom. The van der Waals surface area contributed by atoms with Gasteiger partial charge >= 0.3 is 0 Å². The quantitative estimate of drug-likeness (QED) is 0.774. The maximum atomic E-state index is 5.83. The molecule has 1 aliphatic rings. The first-order valence-corrected chi connectivity index (χ1v) is 6.90. The van der Waals surface area contributed by atoms with Crippen LogP contribution in [0, 0.1) is 13.8 Å². The van der Waals surface area contributed by atoms with E-state index in [9.17, 15) is 0 Å². The van der Waals surface area contributed by atoms with Crippen molar-refractivity contribution in [2.75, 3.05) is 26.2 Å². The Bertz CT molecular complexity index is 448. The van der Waals surface area contributed by atoms with Crippen molar-refractivity contribution in [2.24, 2.45) is 0 Å². The van der Waals surface area contributed by atoms with Gasteiger partial charge in [-0.05, 0) is 27.7 Å². The van der Waals surface area contributed by atoms with Crippen LogP contribution in [0.2, 0.25) is 0 Å². The number of hydrogen-bond acceptors (Lipinski definition) is 4. The van der Waals surface area contributed by atoms with Crippen LogP contribution >= 0.6 is 0 Å². The minimum atomic E-state index is 0.208. The topological polar surface area (TPSA) is 43.2 Å². The summed E-state index contributed by atoms with van der Waals surface area (Å²) in [5.41, 5.74) is 1.37. The zero-order valence-corrected chi connectivity index (χ0v) is 12.4. The molecule has 106 valence electrons. The summed E-state index contributed by atoms with van der Waals surface area (Å²) in [6.45, 7) is 12.8. The Kier molecular flexibility index (Phi) is 4.71. The first-order valence-electron chi connectivity index (χ1n) is 6.90. The number of rotatable bonds is 4. The van der Waals surface area contributed by atoms with Crippen LogP contribution in [0.5, 0.6) is 0 Å². The van der Waals surface area contributed by atoms with Gasteiger partial charge in [-0.1, -0.05) is 11.6 Å². The fraction of sp³-hybridized carbons (Fsp3) is 0.714. The number of aryl methyl sites for hydroxylation is 2. The summed E-state index contributed by atoms with van der Waals surface area (Å²) in [5, 5.41) is 4.40. The summed E-state index contributed by atoms with van der Waals surface area (Å²) in [6, 6.07) is 0. The summed E-state index contributed by atoms with van der Waals surface area (Å²) in [5.74, 6) is 1.79. The van der Waals surface area contributed by atoms with E-state index in [4.69, 9.17) is 4.74 Å². The molecule has 0 bridgehead atoms. The minimum Gasteiger partial charge on any atom is -0.374 e. The van der Waals surface area contributed by atoms with Crippen LogP contribution in [0.15, 0.2) is 11.6 Å².